The molecule has 0 spiro atoms. The number of benzene rings is 1. The molecule has 0 aromatic heterocycles. The van der Waals surface area contributed by atoms with Gasteiger partial charge in [-0.1, -0.05) is 134 Å². The van der Waals surface area contributed by atoms with Gasteiger partial charge in [0.1, 0.15) is 11.5 Å². The minimum atomic E-state index is 0. The van der Waals surface area contributed by atoms with Crippen molar-refractivity contribution in [1.29, 1.82) is 0 Å². The molecule has 2 N–H and O–H groups in total. The molecule has 224 valence electrons. The number of phenols is 2. The number of aryl methyl sites for hydroxylation is 1. The Morgan fingerprint density at radius 2 is 1.23 bits per heavy atom. The third kappa shape index (κ3) is 18.5. The molecule has 0 heterocycles. The van der Waals surface area contributed by atoms with Gasteiger partial charge in [0.25, 0.3) is 0 Å². The average molecular weight is 509 g/mol. The van der Waals surface area contributed by atoms with Crippen molar-refractivity contribution in [3.8, 4) is 11.5 Å². The van der Waals surface area contributed by atoms with Crippen molar-refractivity contribution >= 4 is 0 Å². The van der Waals surface area contributed by atoms with E-state index in [1.807, 2.05) is 12.1 Å². The Morgan fingerprint density at radius 1 is 0.800 bits per heavy atom. The van der Waals surface area contributed by atoms with Gasteiger partial charge in [0.15, 0.2) is 0 Å². The van der Waals surface area contributed by atoms with Gasteiger partial charge >= 0.3 is 0 Å². The molecule has 0 saturated heterocycles. The zero-order valence-corrected chi connectivity index (χ0v) is 14.9. The predicted octanol–water partition coefficient (Wildman–Crippen LogP) is 13.6. The molecule has 2 rings (SSSR count). The summed E-state index contributed by atoms with van der Waals surface area (Å²) >= 11 is 0. The van der Waals surface area contributed by atoms with Crippen molar-refractivity contribution in [2.24, 2.45) is 11.8 Å². The molecular formula is C33H80O2. The van der Waals surface area contributed by atoms with Crippen LogP contribution in [0.2, 0.25) is 0 Å². The highest BCUT2D eigenvalue weighted by atomic mass is 16.3. The highest BCUT2D eigenvalue weighted by Crippen LogP contribution is 2.49. The Morgan fingerprint density at radius 3 is 1.60 bits per heavy atom. The maximum Gasteiger partial charge on any atom is 0.123 e. The Kier molecular flexibility index (Phi) is 65.0. The number of allylic oxidation sites excluding steroid dienone is 1. The Hall–Kier alpha value is -1.44. The Labute approximate surface area is 229 Å². The molecule has 35 heavy (non-hydrogen) atoms. The summed E-state index contributed by atoms with van der Waals surface area (Å²) in [4.78, 5) is 0. The van der Waals surface area contributed by atoms with E-state index in [1.54, 1.807) is 0 Å². The van der Waals surface area contributed by atoms with Gasteiger partial charge in [-0.05, 0) is 68.1 Å². The standard InChI is InChI=1S/C21H32O2.12CH4/c1-5-6-7-8-16-12-19(22)21(20(23)13-16)18-11-15(4)9-10-17(18)14(2)3;;;;;;;;;;;;/h12-13,15,17-18,22-23H,2,5-11H2,1,3-4H3;12*1H4. The topological polar surface area (TPSA) is 40.5 Å². The van der Waals surface area contributed by atoms with Crippen LogP contribution in [0.25, 0.3) is 0 Å². The maximum atomic E-state index is 10.6. The van der Waals surface area contributed by atoms with E-state index in [0.717, 1.165) is 42.4 Å². The van der Waals surface area contributed by atoms with Crippen LogP contribution in [0.3, 0.4) is 0 Å². The summed E-state index contributed by atoms with van der Waals surface area (Å²) in [7, 11) is 0. The predicted molar refractivity (Wildman–Crippen MR) is 178 cm³/mol. The van der Waals surface area contributed by atoms with Crippen LogP contribution in [0.5, 0.6) is 11.5 Å². The first-order valence-corrected chi connectivity index (χ1v) is 9.14. The molecule has 1 aliphatic rings. The average Bonchev–Trinajstić information content (AvgIpc) is 2.46. The summed E-state index contributed by atoms with van der Waals surface area (Å²) in [6.45, 7) is 10.7. The molecule has 1 fully saturated rings. The minimum Gasteiger partial charge on any atom is -0.508 e. The molecular weight excluding hydrogens is 428 g/mol. The van der Waals surface area contributed by atoms with Crippen molar-refractivity contribution in [2.45, 2.75) is 161 Å². The number of aromatic hydroxyl groups is 2. The Bertz CT molecular complexity index is 525. The molecule has 1 aromatic rings. The Balaban J connectivity index is -0.0000000533. The normalized spacial score (nSPS) is 16.1. The third-order valence-corrected chi connectivity index (χ3v) is 5.38. The van der Waals surface area contributed by atoms with Crippen molar-refractivity contribution in [3.63, 3.8) is 0 Å². The summed E-state index contributed by atoms with van der Waals surface area (Å²) in [5.74, 6) is 1.69. The minimum absolute atomic E-state index is 0. The summed E-state index contributed by atoms with van der Waals surface area (Å²) < 4.78 is 0. The number of unbranched alkanes of at least 4 members (excludes halogenated alkanes) is 2. The van der Waals surface area contributed by atoms with Crippen molar-refractivity contribution in [1.82, 2.24) is 0 Å². The van der Waals surface area contributed by atoms with Crippen LogP contribution in [-0.2, 0) is 6.42 Å². The second-order valence-corrected chi connectivity index (χ2v) is 7.48. The zero-order chi connectivity index (χ0) is 17.0. The molecule has 2 nitrogen and oxygen atoms in total. The fourth-order valence-corrected chi connectivity index (χ4v) is 4.07. The number of rotatable bonds is 6. The van der Waals surface area contributed by atoms with E-state index in [4.69, 9.17) is 0 Å². The van der Waals surface area contributed by atoms with Gasteiger partial charge in [0.2, 0.25) is 0 Å². The smallest absolute Gasteiger partial charge is 0.123 e. The lowest BCUT2D eigenvalue weighted by molar-refractivity contribution is 0.267. The van der Waals surface area contributed by atoms with Gasteiger partial charge in [-0.2, -0.15) is 0 Å². The van der Waals surface area contributed by atoms with Crippen LogP contribution < -0.4 is 0 Å². The summed E-state index contributed by atoms with van der Waals surface area (Å²) in [5.41, 5.74) is 2.93. The van der Waals surface area contributed by atoms with E-state index in [-0.39, 0.29) is 107 Å². The van der Waals surface area contributed by atoms with E-state index >= 15 is 0 Å². The van der Waals surface area contributed by atoms with Gasteiger partial charge in [-0.25, -0.2) is 0 Å². The monoisotopic (exact) mass is 509 g/mol. The fraction of sp³-hybridized carbons (Fsp3) is 0.758. The highest BCUT2D eigenvalue weighted by molar-refractivity contribution is 5.49. The van der Waals surface area contributed by atoms with Gasteiger partial charge in [-0.15, -0.1) is 0 Å². The lowest BCUT2D eigenvalue weighted by atomic mass is 9.69. The molecule has 3 unspecified atom stereocenters. The van der Waals surface area contributed by atoms with Crippen LogP contribution in [0, 0.1) is 11.8 Å². The van der Waals surface area contributed by atoms with Gasteiger partial charge in [0.05, 0.1) is 0 Å². The van der Waals surface area contributed by atoms with E-state index in [1.165, 1.54) is 19.3 Å². The molecule has 1 saturated carbocycles. The third-order valence-electron chi connectivity index (χ3n) is 5.38. The molecule has 0 aliphatic heterocycles. The van der Waals surface area contributed by atoms with Crippen LogP contribution in [0.15, 0.2) is 24.3 Å². The lowest BCUT2D eigenvalue weighted by Crippen LogP contribution is -2.23. The zero-order valence-electron chi connectivity index (χ0n) is 14.9. The molecule has 0 bridgehead atoms. The second-order valence-electron chi connectivity index (χ2n) is 7.48. The van der Waals surface area contributed by atoms with Gasteiger partial charge < -0.3 is 10.2 Å². The lowest BCUT2D eigenvalue weighted by Gasteiger charge is -2.36. The summed E-state index contributed by atoms with van der Waals surface area (Å²) in [6.07, 6.45) is 7.68. The van der Waals surface area contributed by atoms with Gasteiger partial charge in [-0.3, -0.25) is 0 Å². The van der Waals surface area contributed by atoms with E-state index < -0.39 is 0 Å². The highest BCUT2D eigenvalue weighted by Gasteiger charge is 2.33. The molecule has 2 heteroatoms. The number of hydrogen-bond acceptors (Lipinski definition) is 2. The first-order valence-electron chi connectivity index (χ1n) is 9.14. The van der Waals surface area contributed by atoms with Crippen LogP contribution in [0.4, 0.5) is 0 Å². The summed E-state index contributed by atoms with van der Waals surface area (Å²) in [6, 6.07) is 3.72. The van der Waals surface area contributed by atoms with Crippen LogP contribution in [0.1, 0.15) is 165 Å². The van der Waals surface area contributed by atoms with Crippen molar-refractivity contribution in [3.05, 3.63) is 35.4 Å². The molecule has 0 radical (unpaired) electrons. The van der Waals surface area contributed by atoms with Crippen LogP contribution in [-0.4, -0.2) is 10.2 Å². The molecule has 0 amide bonds. The SMILES string of the molecule is C.C.C.C.C.C.C.C.C.C.C.C.C=C(C)C1CCC(C)CC1c1c(O)cc(CCCCC)cc1O. The maximum absolute atomic E-state index is 10.6. The molecule has 1 aliphatic carbocycles. The fourth-order valence-electron chi connectivity index (χ4n) is 4.07. The molecule has 1 aromatic carbocycles. The summed E-state index contributed by atoms with van der Waals surface area (Å²) in [5, 5.41) is 21.2. The molecule has 3 atom stereocenters. The number of phenolic OH excluding ortho intramolecular Hbond substituents is 2. The second kappa shape index (κ2) is 32.6. The van der Waals surface area contributed by atoms with E-state index in [9.17, 15) is 10.2 Å². The van der Waals surface area contributed by atoms with Crippen molar-refractivity contribution < 1.29 is 10.2 Å². The quantitative estimate of drug-likeness (QED) is 0.296. The van der Waals surface area contributed by atoms with Crippen LogP contribution >= 0.6 is 0 Å². The van der Waals surface area contributed by atoms with E-state index in [0.29, 0.717) is 11.8 Å². The first-order chi connectivity index (χ1) is 10.9. The number of hydrogen-bond donors (Lipinski definition) is 2. The van der Waals surface area contributed by atoms with Gasteiger partial charge in [0, 0.05) is 5.56 Å². The van der Waals surface area contributed by atoms with E-state index in [2.05, 4.69) is 27.4 Å². The first kappa shape index (κ1) is 69.9. The largest absolute Gasteiger partial charge is 0.508 e. The van der Waals surface area contributed by atoms with Crippen molar-refractivity contribution in [2.75, 3.05) is 0 Å².